The first-order valence-electron chi connectivity index (χ1n) is 12.6. The molecule has 3 rings (SSSR count). The standard InChI is InChI=1S/C29H39N3O4/c1-6-34-27(35-7-2)20-32(19-22-10-8-12-26-24(22)11-9-17-31-26)28(33)25(30)18-21-13-15-23(16-14-21)36-29(3,4)5/h8-17,25,27H,6-7,18-20,30H2,1-5H3/t25-/m0/s1. The van der Waals surface area contributed by atoms with Gasteiger partial charge in [-0.15, -0.1) is 0 Å². The third-order valence-corrected chi connectivity index (χ3v) is 5.60. The van der Waals surface area contributed by atoms with E-state index in [4.69, 9.17) is 19.9 Å². The van der Waals surface area contributed by atoms with Crippen LogP contribution in [-0.2, 0) is 27.2 Å². The molecule has 0 bridgehead atoms. The van der Waals surface area contributed by atoms with E-state index in [9.17, 15) is 4.79 Å². The summed E-state index contributed by atoms with van der Waals surface area (Å²) in [6.07, 6.45) is 1.65. The maximum absolute atomic E-state index is 13.6. The van der Waals surface area contributed by atoms with E-state index in [0.717, 1.165) is 27.8 Å². The highest BCUT2D eigenvalue weighted by Crippen LogP contribution is 2.21. The van der Waals surface area contributed by atoms with Crippen LogP contribution < -0.4 is 10.5 Å². The molecule has 2 N–H and O–H groups in total. The highest BCUT2D eigenvalue weighted by Gasteiger charge is 2.26. The van der Waals surface area contributed by atoms with Crippen molar-refractivity contribution in [3.8, 4) is 5.75 Å². The molecule has 0 aliphatic heterocycles. The average molecular weight is 494 g/mol. The minimum Gasteiger partial charge on any atom is -0.488 e. The number of carbonyl (C=O) groups excluding carboxylic acids is 1. The van der Waals surface area contributed by atoms with Gasteiger partial charge in [0.25, 0.3) is 0 Å². The number of benzene rings is 2. The van der Waals surface area contributed by atoms with E-state index >= 15 is 0 Å². The van der Waals surface area contributed by atoms with Crippen molar-refractivity contribution in [2.75, 3.05) is 19.8 Å². The Bertz CT molecular complexity index is 1100. The van der Waals surface area contributed by atoms with Crippen molar-refractivity contribution in [3.63, 3.8) is 0 Å². The normalized spacial score (nSPS) is 12.6. The van der Waals surface area contributed by atoms with Gasteiger partial charge < -0.3 is 24.8 Å². The molecule has 2 aromatic carbocycles. The van der Waals surface area contributed by atoms with Crippen LogP contribution in [0, 0.1) is 0 Å². The predicted molar refractivity (Wildman–Crippen MR) is 143 cm³/mol. The van der Waals surface area contributed by atoms with Crippen LogP contribution >= 0.6 is 0 Å². The largest absolute Gasteiger partial charge is 0.488 e. The Morgan fingerprint density at radius 2 is 1.69 bits per heavy atom. The van der Waals surface area contributed by atoms with Crippen molar-refractivity contribution in [3.05, 3.63) is 71.9 Å². The second-order valence-electron chi connectivity index (χ2n) is 9.72. The first kappa shape index (κ1) is 27.6. The van der Waals surface area contributed by atoms with Gasteiger partial charge >= 0.3 is 0 Å². The van der Waals surface area contributed by atoms with Crippen molar-refractivity contribution >= 4 is 16.8 Å². The van der Waals surface area contributed by atoms with Crippen LogP contribution in [-0.4, -0.2) is 53.5 Å². The molecule has 0 saturated heterocycles. The molecule has 0 saturated carbocycles. The van der Waals surface area contributed by atoms with Crippen molar-refractivity contribution in [2.24, 2.45) is 5.73 Å². The van der Waals surface area contributed by atoms with Gasteiger partial charge in [0.2, 0.25) is 5.91 Å². The van der Waals surface area contributed by atoms with Gasteiger partial charge in [0.1, 0.15) is 11.4 Å². The van der Waals surface area contributed by atoms with E-state index in [2.05, 4.69) is 4.98 Å². The molecule has 1 heterocycles. The lowest BCUT2D eigenvalue weighted by Crippen LogP contribution is -2.48. The van der Waals surface area contributed by atoms with Crippen LogP contribution in [0.1, 0.15) is 45.7 Å². The summed E-state index contributed by atoms with van der Waals surface area (Å²) in [4.78, 5) is 19.8. The number of carbonyl (C=O) groups is 1. The Balaban J connectivity index is 1.80. The Hall–Kier alpha value is -3.00. The number of rotatable bonds is 12. The maximum atomic E-state index is 13.6. The summed E-state index contributed by atoms with van der Waals surface area (Å²) >= 11 is 0. The SMILES string of the molecule is CCOC(CN(Cc1cccc2ncccc12)C(=O)[C@@H](N)Cc1ccc(OC(C)(C)C)cc1)OCC. The van der Waals surface area contributed by atoms with Gasteiger partial charge in [-0.3, -0.25) is 9.78 Å². The van der Waals surface area contributed by atoms with E-state index in [-0.39, 0.29) is 18.1 Å². The van der Waals surface area contributed by atoms with Crippen LogP contribution in [0.25, 0.3) is 10.9 Å². The summed E-state index contributed by atoms with van der Waals surface area (Å²) in [6.45, 7) is 11.5. The zero-order valence-electron chi connectivity index (χ0n) is 22.1. The Morgan fingerprint density at radius 1 is 1.00 bits per heavy atom. The molecular weight excluding hydrogens is 454 g/mol. The number of hydrogen-bond donors (Lipinski definition) is 1. The van der Waals surface area contributed by atoms with Gasteiger partial charge in [0.15, 0.2) is 6.29 Å². The van der Waals surface area contributed by atoms with Gasteiger partial charge in [-0.05, 0) is 76.4 Å². The molecule has 3 aromatic rings. The Labute approximate surface area is 214 Å². The molecule has 0 unspecified atom stereocenters. The smallest absolute Gasteiger partial charge is 0.240 e. The molecule has 36 heavy (non-hydrogen) atoms. The number of pyridine rings is 1. The average Bonchev–Trinajstić information content (AvgIpc) is 2.84. The molecular formula is C29H39N3O4. The number of nitrogens with zero attached hydrogens (tertiary/aromatic N) is 2. The second-order valence-corrected chi connectivity index (χ2v) is 9.72. The Morgan fingerprint density at radius 3 is 2.33 bits per heavy atom. The van der Waals surface area contributed by atoms with Crippen molar-refractivity contribution in [1.82, 2.24) is 9.88 Å². The number of amides is 1. The van der Waals surface area contributed by atoms with Crippen LogP contribution in [0.5, 0.6) is 5.75 Å². The molecule has 1 atom stereocenters. The number of fused-ring (bicyclic) bond motifs is 1. The molecule has 1 amide bonds. The van der Waals surface area contributed by atoms with Gasteiger partial charge in [-0.2, -0.15) is 0 Å². The second kappa shape index (κ2) is 12.8. The zero-order valence-corrected chi connectivity index (χ0v) is 22.1. The molecule has 7 nitrogen and oxygen atoms in total. The quantitative estimate of drug-likeness (QED) is 0.368. The lowest BCUT2D eigenvalue weighted by molar-refractivity contribution is -0.160. The highest BCUT2D eigenvalue weighted by molar-refractivity contribution is 5.84. The highest BCUT2D eigenvalue weighted by atomic mass is 16.7. The first-order valence-corrected chi connectivity index (χ1v) is 12.6. The number of ether oxygens (including phenoxy) is 3. The number of hydrogen-bond acceptors (Lipinski definition) is 6. The summed E-state index contributed by atoms with van der Waals surface area (Å²) < 4.78 is 17.4. The minimum atomic E-state index is -0.712. The predicted octanol–water partition coefficient (Wildman–Crippen LogP) is 4.71. The Kier molecular flexibility index (Phi) is 9.81. The lowest BCUT2D eigenvalue weighted by Gasteiger charge is -2.30. The molecule has 0 spiro atoms. The van der Waals surface area contributed by atoms with Crippen LogP contribution in [0.4, 0.5) is 0 Å². The van der Waals surface area contributed by atoms with Gasteiger partial charge in [0.05, 0.1) is 18.1 Å². The summed E-state index contributed by atoms with van der Waals surface area (Å²) in [5.74, 6) is 0.629. The molecule has 0 aliphatic carbocycles. The fourth-order valence-electron chi connectivity index (χ4n) is 4.07. The van der Waals surface area contributed by atoms with E-state index < -0.39 is 12.3 Å². The molecule has 0 radical (unpaired) electrons. The lowest BCUT2D eigenvalue weighted by atomic mass is 10.0. The van der Waals surface area contributed by atoms with E-state index in [1.54, 1.807) is 11.1 Å². The summed E-state index contributed by atoms with van der Waals surface area (Å²) in [6, 6.07) is 16.9. The van der Waals surface area contributed by atoms with E-state index in [1.165, 1.54) is 0 Å². The number of nitrogens with two attached hydrogens (primary N) is 1. The van der Waals surface area contributed by atoms with Gasteiger partial charge in [-0.1, -0.05) is 30.3 Å². The molecule has 7 heteroatoms. The molecule has 0 aliphatic rings. The van der Waals surface area contributed by atoms with E-state index in [0.29, 0.717) is 26.2 Å². The molecule has 0 fully saturated rings. The first-order chi connectivity index (χ1) is 17.2. The molecule has 194 valence electrons. The summed E-state index contributed by atoms with van der Waals surface area (Å²) in [5.41, 5.74) is 9.04. The van der Waals surface area contributed by atoms with Crippen LogP contribution in [0.3, 0.4) is 0 Å². The zero-order chi connectivity index (χ0) is 26.1. The maximum Gasteiger partial charge on any atom is 0.240 e. The van der Waals surface area contributed by atoms with Crippen molar-refractivity contribution in [1.29, 1.82) is 0 Å². The van der Waals surface area contributed by atoms with Crippen LogP contribution in [0.2, 0.25) is 0 Å². The van der Waals surface area contributed by atoms with Crippen molar-refractivity contribution in [2.45, 2.75) is 65.5 Å². The van der Waals surface area contributed by atoms with Gasteiger partial charge in [0, 0.05) is 31.3 Å². The third-order valence-electron chi connectivity index (χ3n) is 5.60. The summed E-state index contributed by atoms with van der Waals surface area (Å²) in [7, 11) is 0. The summed E-state index contributed by atoms with van der Waals surface area (Å²) in [5, 5.41) is 1.00. The fraction of sp³-hybridized carbons (Fsp3) is 0.448. The number of aromatic nitrogens is 1. The molecule has 1 aromatic heterocycles. The monoisotopic (exact) mass is 493 g/mol. The topological polar surface area (TPSA) is 86.9 Å². The van der Waals surface area contributed by atoms with E-state index in [1.807, 2.05) is 89.2 Å². The van der Waals surface area contributed by atoms with Crippen molar-refractivity contribution < 1.29 is 19.0 Å². The minimum absolute atomic E-state index is 0.157. The third kappa shape index (κ3) is 8.01. The van der Waals surface area contributed by atoms with Gasteiger partial charge in [-0.25, -0.2) is 0 Å². The fourth-order valence-corrected chi connectivity index (χ4v) is 4.07. The van der Waals surface area contributed by atoms with Crippen LogP contribution in [0.15, 0.2) is 60.8 Å².